The Morgan fingerprint density at radius 2 is 1.97 bits per heavy atom. The summed E-state index contributed by atoms with van der Waals surface area (Å²) >= 11 is 1.26. The fourth-order valence-electron chi connectivity index (χ4n) is 4.78. The number of nitrogens with one attached hydrogen (secondary N) is 2. The van der Waals surface area contributed by atoms with E-state index >= 15 is 0 Å². The molecule has 2 fully saturated rings. The van der Waals surface area contributed by atoms with Crippen LogP contribution in [0.4, 0.5) is 13.2 Å². The predicted octanol–water partition coefficient (Wildman–Crippen LogP) is 0.181. The minimum Gasteiger partial charge on any atom is -0.477 e. The summed E-state index contributed by atoms with van der Waals surface area (Å²) in [6, 6.07) is -2.26. The van der Waals surface area contributed by atoms with Crippen molar-refractivity contribution < 1.29 is 41.1 Å². The molecule has 6 atom stereocenters. The molecule has 0 bridgehead atoms. The van der Waals surface area contributed by atoms with Gasteiger partial charge in [-0.1, -0.05) is 6.92 Å². The van der Waals surface area contributed by atoms with Gasteiger partial charge in [-0.05, 0) is 13.3 Å². The number of likely N-dealkylation sites (N-methyl/N-ethyl adjacent to an activating group) is 1. The van der Waals surface area contributed by atoms with Crippen LogP contribution in [0.1, 0.15) is 20.3 Å². The topological polar surface area (TPSA) is 136 Å². The van der Waals surface area contributed by atoms with E-state index in [0.717, 1.165) is 4.90 Å². The van der Waals surface area contributed by atoms with E-state index in [9.17, 15) is 41.1 Å². The lowest BCUT2D eigenvalue weighted by Gasteiger charge is -2.47. The molecule has 3 aliphatic heterocycles. The number of carbonyl (C=O) groups is 3. The van der Waals surface area contributed by atoms with Crippen LogP contribution in [0.5, 0.6) is 0 Å². The molecule has 0 spiro atoms. The number of carboxylic acid groups (broad SMARTS) is 1. The van der Waals surface area contributed by atoms with E-state index in [-0.39, 0.29) is 16.9 Å². The Labute approximate surface area is 199 Å². The third-order valence-electron chi connectivity index (χ3n) is 6.17. The Morgan fingerprint density at radius 3 is 2.50 bits per heavy atom. The number of aliphatic carboxylic acids is 1. The zero-order valence-electron chi connectivity index (χ0n) is 18.9. The first kappa shape index (κ1) is 26.8. The second-order valence-electron chi connectivity index (χ2n) is 8.98. The number of rotatable bonds is 8. The molecular formula is C19H27F3N4O6S2. The molecule has 3 aliphatic rings. The van der Waals surface area contributed by atoms with Crippen LogP contribution >= 0.6 is 11.8 Å². The van der Waals surface area contributed by atoms with Crippen LogP contribution in [0.15, 0.2) is 10.6 Å². The Bertz CT molecular complexity index is 1020. The van der Waals surface area contributed by atoms with Gasteiger partial charge in [0.2, 0.25) is 21.8 Å². The van der Waals surface area contributed by atoms with Crippen LogP contribution < -0.4 is 10.0 Å². The maximum Gasteiger partial charge on any atom is 0.404 e. The molecule has 15 heteroatoms. The maximum absolute atomic E-state index is 12.8. The average Bonchev–Trinajstić information content (AvgIpc) is 3.21. The molecule has 0 aromatic rings. The fourth-order valence-corrected chi connectivity index (χ4v) is 7.49. The highest BCUT2D eigenvalue weighted by molar-refractivity contribution is 8.03. The minimum absolute atomic E-state index is 0.103. The number of halogens is 3. The Kier molecular flexibility index (Phi) is 7.33. The molecule has 0 saturated carbocycles. The summed E-state index contributed by atoms with van der Waals surface area (Å²) in [5.74, 6) is -5.63. The Hall–Kier alpha value is -1.84. The molecule has 0 aromatic carbocycles. The van der Waals surface area contributed by atoms with Gasteiger partial charge in [0.1, 0.15) is 5.70 Å². The number of hydrogen-bond acceptors (Lipinski definition) is 7. The molecule has 2 saturated heterocycles. The predicted molar refractivity (Wildman–Crippen MR) is 117 cm³/mol. The minimum atomic E-state index is -4.94. The third kappa shape index (κ3) is 5.21. The van der Waals surface area contributed by atoms with Crippen LogP contribution in [0, 0.1) is 11.8 Å². The number of fused-ring (bicyclic) bond motifs is 1. The van der Waals surface area contributed by atoms with Crippen molar-refractivity contribution in [2.24, 2.45) is 11.8 Å². The lowest BCUT2D eigenvalue weighted by Crippen LogP contribution is -2.66. The average molecular weight is 529 g/mol. The number of hydrogen-bond donors (Lipinski definition) is 3. The van der Waals surface area contributed by atoms with Crippen LogP contribution in [-0.2, 0) is 24.4 Å². The number of sulfonamides is 1. The summed E-state index contributed by atoms with van der Waals surface area (Å²) in [5, 5.41) is 12.8. The van der Waals surface area contributed by atoms with Crippen molar-refractivity contribution in [2.75, 3.05) is 26.4 Å². The molecule has 0 radical (unpaired) electrons. The summed E-state index contributed by atoms with van der Waals surface area (Å²) in [6.07, 6.45) is -4.48. The van der Waals surface area contributed by atoms with Gasteiger partial charge in [0, 0.05) is 42.8 Å². The highest BCUT2D eigenvalue weighted by Gasteiger charge is 2.60. The number of carbonyl (C=O) groups excluding carboxylic acids is 2. The van der Waals surface area contributed by atoms with Gasteiger partial charge in [-0.15, -0.1) is 11.8 Å². The molecule has 0 aliphatic carbocycles. The summed E-state index contributed by atoms with van der Waals surface area (Å²) in [4.78, 5) is 40.0. The van der Waals surface area contributed by atoms with Crippen molar-refractivity contribution in [3.05, 3.63) is 10.6 Å². The van der Waals surface area contributed by atoms with Gasteiger partial charge < -0.3 is 20.2 Å². The maximum atomic E-state index is 12.8. The van der Waals surface area contributed by atoms with E-state index in [2.05, 4.69) is 5.32 Å². The lowest BCUT2D eigenvalue weighted by atomic mass is 9.78. The first-order chi connectivity index (χ1) is 15.5. The fraction of sp³-hybridized carbons (Fsp3) is 0.737. The zero-order chi connectivity index (χ0) is 25.7. The number of nitrogens with zero attached hydrogens (tertiary/aromatic N) is 2. The normalized spacial score (nSPS) is 30.3. The Morgan fingerprint density at radius 1 is 1.35 bits per heavy atom. The van der Waals surface area contributed by atoms with Crippen LogP contribution in [-0.4, -0.2) is 97.1 Å². The van der Waals surface area contributed by atoms with Crippen molar-refractivity contribution in [1.82, 2.24) is 19.8 Å². The quantitative estimate of drug-likeness (QED) is 0.380. The van der Waals surface area contributed by atoms with Crippen LogP contribution in [0.25, 0.3) is 0 Å². The van der Waals surface area contributed by atoms with Crippen molar-refractivity contribution >= 4 is 39.6 Å². The summed E-state index contributed by atoms with van der Waals surface area (Å²) in [6.45, 7) is 3.45. The largest absolute Gasteiger partial charge is 0.477 e. The van der Waals surface area contributed by atoms with Gasteiger partial charge in [0.05, 0.1) is 18.0 Å². The summed E-state index contributed by atoms with van der Waals surface area (Å²) < 4.78 is 63.4. The zero-order valence-corrected chi connectivity index (χ0v) is 20.6. The van der Waals surface area contributed by atoms with E-state index in [1.165, 1.54) is 23.6 Å². The lowest BCUT2D eigenvalue weighted by molar-refractivity contribution is -0.157. The van der Waals surface area contributed by atoms with Gasteiger partial charge in [-0.25, -0.2) is 17.9 Å². The van der Waals surface area contributed by atoms with Gasteiger partial charge in [0.15, 0.2) is 5.75 Å². The molecule has 3 N–H and O–H groups in total. The second kappa shape index (κ2) is 9.32. The SMILES string of the molecule is C[C@@H](NS(=O)(=O)CC(F)(F)F)[C@H]1C(=O)N2C(C(=O)O)=C(S[C@@H]3CN[C@H](C(=O)N(C)C)C3)[C@H](C)[C@H]12. The molecule has 2 amide bonds. The number of carboxylic acids is 1. The molecule has 0 aromatic heterocycles. The van der Waals surface area contributed by atoms with Crippen molar-refractivity contribution in [1.29, 1.82) is 0 Å². The van der Waals surface area contributed by atoms with Gasteiger partial charge in [0.25, 0.3) is 0 Å². The molecule has 34 heavy (non-hydrogen) atoms. The molecule has 192 valence electrons. The van der Waals surface area contributed by atoms with Gasteiger partial charge in [-0.3, -0.25) is 9.59 Å². The Balaban J connectivity index is 1.75. The molecule has 3 heterocycles. The second-order valence-corrected chi connectivity index (χ2v) is 12.1. The van der Waals surface area contributed by atoms with E-state index in [1.807, 2.05) is 4.72 Å². The van der Waals surface area contributed by atoms with Crippen molar-refractivity contribution in [2.45, 2.75) is 49.8 Å². The smallest absolute Gasteiger partial charge is 0.404 e. The highest BCUT2D eigenvalue weighted by Crippen LogP contribution is 2.52. The standard InChI is InChI=1S/C19H27F3N4O6S2/c1-8-13-12(9(2)24-34(31,32)7-19(20,21)22)17(28)26(13)14(18(29)30)15(8)33-10-5-11(23-6-10)16(27)25(3)4/h8-13,23-24H,5-7H2,1-4H3,(H,29,30)/t8-,9-,10+,11+,12-,13-/m1/s1. The molecule has 3 rings (SSSR count). The van der Waals surface area contributed by atoms with Crippen molar-refractivity contribution in [3.8, 4) is 0 Å². The van der Waals surface area contributed by atoms with E-state index < -0.39 is 63.8 Å². The van der Waals surface area contributed by atoms with E-state index in [1.54, 1.807) is 21.0 Å². The number of amides is 2. The number of alkyl halides is 3. The molecule has 10 nitrogen and oxygen atoms in total. The van der Waals surface area contributed by atoms with Crippen molar-refractivity contribution in [3.63, 3.8) is 0 Å². The summed E-state index contributed by atoms with van der Waals surface area (Å²) in [5.41, 5.74) is -0.198. The monoisotopic (exact) mass is 528 g/mol. The van der Waals surface area contributed by atoms with Gasteiger partial charge >= 0.3 is 12.1 Å². The number of thioether (sulfide) groups is 1. The van der Waals surface area contributed by atoms with Crippen LogP contribution in [0.3, 0.4) is 0 Å². The first-order valence-corrected chi connectivity index (χ1v) is 13.1. The molecular weight excluding hydrogens is 501 g/mol. The first-order valence-electron chi connectivity index (χ1n) is 10.5. The number of β-lactam (4-membered cyclic amide) rings is 1. The summed E-state index contributed by atoms with van der Waals surface area (Å²) in [7, 11) is -1.47. The van der Waals surface area contributed by atoms with E-state index in [4.69, 9.17) is 0 Å². The third-order valence-corrected chi connectivity index (χ3v) is 9.12. The van der Waals surface area contributed by atoms with Gasteiger partial charge in [-0.2, -0.15) is 13.2 Å². The highest BCUT2D eigenvalue weighted by atomic mass is 32.2. The van der Waals surface area contributed by atoms with E-state index in [0.29, 0.717) is 17.9 Å². The molecule has 0 unspecified atom stereocenters. The van der Waals surface area contributed by atoms with Crippen LogP contribution in [0.2, 0.25) is 0 Å².